The van der Waals surface area contributed by atoms with Crippen LogP contribution in [0.1, 0.15) is 30.0 Å². The Balaban J connectivity index is 2.12. The van der Waals surface area contributed by atoms with Crippen LogP contribution in [0.5, 0.6) is 0 Å². The molecule has 1 aromatic carbocycles. The van der Waals surface area contributed by atoms with E-state index in [0.717, 1.165) is 4.48 Å². The fourth-order valence-corrected chi connectivity index (χ4v) is 3.62. The van der Waals surface area contributed by atoms with Gasteiger partial charge in [-0.2, -0.15) is 0 Å². The third-order valence-corrected chi connectivity index (χ3v) is 4.55. The highest BCUT2D eigenvalue weighted by Gasteiger charge is 2.34. The van der Waals surface area contributed by atoms with Gasteiger partial charge in [-0.3, -0.25) is 0 Å². The standard InChI is InChI=1S/C20H25N2/c1-16(17-10-6-5-7-11-17)20(22(2,3)4)18-13-15-21-14-9-8-12-19(18)21/h5-16,20H,1-4H3/q+1. The number of hydrogen-bond donors (Lipinski definition) is 0. The molecule has 2 aromatic heterocycles. The van der Waals surface area contributed by atoms with Crippen molar-refractivity contribution >= 4 is 5.52 Å². The highest BCUT2D eigenvalue weighted by molar-refractivity contribution is 5.57. The molecule has 0 aliphatic carbocycles. The first-order valence-electron chi connectivity index (χ1n) is 7.90. The Kier molecular flexibility index (Phi) is 3.79. The maximum Gasteiger partial charge on any atom is 0.123 e. The lowest BCUT2D eigenvalue weighted by Gasteiger charge is -2.38. The van der Waals surface area contributed by atoms with Crippen molar-refractivity contribution in [3.63, 3.8) is 0 Å². The van der Waals surface area contributed by atoms with E-state index in [2.05, 4.69) is 99.5 Å². The van der Waals surface area contributed by atoms with E-state index in [-0.39, 0.29) is 0 Å². The zero-order valence-corrected chi connectivity index (χ0v) is 13.9. The molecule has 0 aliphatic heterocycles. The molecule has 2 heteroatoms. The van der Waals surface area contributed by atoms with Crippen LogP contribution in [-0.2, 0) is 0 Å². The minimum absolute atomic E-state index is 0.412. The van der Waals surface area contributed by atoms with Gasteiger partial charge in [-0.15, -0.1) is 0 Å². The summed E-state index contributed by atoms with van der Waals surface area (Å²) in [5, 5.41) is 0. The molecule has 2 atom stereocenters. The summed E-state index contributed by atoms with van der Waals surface area (Å²) < 4.78 is 3.13. The fraction of sp³-hybridized carbons (Fsp3) is 0.300. The molecule has 2 heterocycles. The quantitative estimate of drug-likeness (QED) is 0.624. The molecule has 2 unspecified atom stereocenters. The third kappa shape index (κ3) is 2.67. The number of nitrogens with zero attached hydrogens (tertiary/aromatic N) is 2. The summed E-state index contributed by atoms with van der Waals surface area (Å²) in [5.41, 5.74) is 4.13. The van der Waals surface area contributed by atoms with Gasteiger partial charge in [0.1, 0.15) is 6.04 Å². The molecular weight excluding hydrogens is 268 g/mol. The average Bonchev–Trinajstić information content (AvgIpc) is 2.91. The Morgan fingerprint density at radius 1 is 0.818 bits per heavy atom. The van der Waals surface area contributed by atoms with Gasteiger partial charge >= 0.3 is 0 Å². The van der Waals surface area contributed by atoms with Crippen LogP contribution in [0.25, 0.3) is 5.52 Å². The minimum Gasteiger partial charge on any atom is -0.324 e. The Bertz CT molecular complexity index is 750. The first-order chi connectivity index (χ1) is 10.5. The first kappa shape index (κ1) is 14.9. The van der Waals surface area contributed by atoms with Crippen LogP contribution in [0.4, 0.5) is 0 Å². The van der Waals surface area contributed by atoms with Gasteiger partial charge in [0.2, 0.25) is 0 Å². The molecule has 0 N–H and O–H groups in total. The average molecular weight is 293 g/mol. The third-order valence-electron chi connectivity index (χ3n) is 4.55. The largest absolute Gasteiger partial charge is 0.324 e. The van der Waals surface area contributed by atoms with Crippen LogP contribution in [0, 0.1) is 0 Å². The number of benzene rings is 1. The Morgan fingerprint density at radius 3 is 2.18 bits per heavy atom. The number of quaternary nitrogens is 1. The Hall–Kier alpha value is -2.06. The summed E-state index contributed by atoms with van der Waals surface area (Å²) >= 11 is 0. The van der Waals surface area contributed by atoms with Crippen molar-refractivity contribution in [1.82, 2.24) is 4.40 Å². The highest BCUT2D eigenvalue weighted by atomic mass is 15.3. The molecule has 3 aromatic rings. The van der Waals surface area contributed by atoms with Crippen molar-refractivity contribution in [2.45, 2.75) is 18.9 Å². The van der Waals surface area contributed by atoms with E-state index in [1.54, 1.807) is 0 Å². The fourth-order valence-electron chi connectivity index (χ4n) is 3.62. The van der Waals surface area contributed by atoms with Crippen molar-refractivity contribution < 1.29 is 4.48 Å². The molecule has 0 bridgehead atoms. The van der Waals surface area contributed by atoms with E-state index in [0.29, 0.717) is 12.0 Å². The van der Waals surface area contributed by atoms with Gasteiger partial charge < -0.3 is 8.88 Å². The Labute approximate surface area is 133 Å². The maximum atomic E-state index is 2.34. The first-order valence-corrected chi connectivity index (χ1v) is 7.90. The predicted molar refractivity (Wildman–Crippen MR) is 93.0 cm³/mol. The van der Waals surface area contributed by atoms with Gasteiger partial charge in [0.15, 0.2) is 0 Å². The lowest BCUT2D eigenvalue weighted by atomic mass is 9.87. The molecule has 3 rings (SSSR count). The van der Waals surface area contributed by atoms with Crippen molar-refractivity contribution in [2.24, 2.45) is 0 Å². The van der Waals surface area contributed by atoms with Crippen LogP contribution in [-0.4, -0.2) is 30.0 Å². The zero-order chi connectivity index (χ0) is 15.7. The Morgan fingerprint density at radius 2 is 1.50 bits per heavy atom. The minimum atomic E-state index is 0.412. The van der Waals surface area contributed by atoms with Gasteiger partial charge in [0.05, 0.1) is 26.7 Å². The molecule has 0 aliphatic rings. The van der Waals surface area contributed by atoms with Crippen LogP contribution in [0.3, 0.4) is 0 Å². The molecule has 114 valence electrons. The van der Waals surface area contributed by atoms with Gasteiger partial charge in [-0.1, -0.05) is 43.3 Å². The molecule has 0 saturated heterocycles. The van der Waals surface area contributed by atoms with E-state index >= 15 is 0 Å². The summed E-state index contributed by atoms with van der Waals surface area (Å²) in [6, 6.07) is 20.0. The number of fused-ring (bicyclic) bond motifs is 1. The van der Waals surface area contributed by atoms with Crippen molar-refractivity contribution in [1.29, 1.82) is 0 Å². The number of likely N-dealkylation sites (N-methyl/N-ethyl adjacent to an activating group) is 1. The van der Waals surface area contributed by atoms with Gasteiger partial charge in [0.25, 0.3) is 0 Å². The van der Waals surface area contributed by atoms with Gasteiger partial charge in [0, 0.05) is 23.9 Å². The molecule has 22 heavy (non-hydrogen) atoms. The van der Waals surface area contributed by atoms with E-state index in [9.17, 15) is 0 Å². The smallest absolute Gasteiger partial charge is 0.123 e. The summed E-state index contributed by atoms with van der Waals surface area (Å²) in [7, 11) is 6.86. The lowest BCUT2D eigenvalue weighted by molar-refractivity contribution is -0.903. The molecule has 0 amide bonds. The van der Waals surface area contributed by atoms with Crippen LogP contribution in [0.2, 0.25) is 0 Å². The molecule has 0 radical (unpaired) electrons. The van der Waals surface area contributed by atoms with Gasteiger partial charge in [-0.25, -0.2) is 0 Å². The van der Waals surface area contributed by atoms with Crippen molar-refractivity contribution in [2.75, 3.05) is 21.1 Å². The van der Waals surface area contributed by atoms with Crippen LogP contribution >= 0.6 is 0 Å². The maximum absolute atomic E-state index is 2.34. The van der Waals surface area contributed by atoms with Crippen LogP contribution in [0.15, 0.2) is 67.0 Å². The van der Waals surface area contributed by atoms with E-state index in [1.807, 2.05) is 0 Å². The molecular formula is C20H25N2+. The summed E-state index contributed by atoms with van der Waals surface area (Å²) in [4.78, 5) is 0. The van der Waals surface area contributed by atoms with E-state index in [1.165, 1.54) is 16.6 Å². The normalized spacial score (nSPS) is 14.9. The van der Waals surface area contributed by atoms with Crippen molar-refractivity contribution in [3.05, 3.63) is 78.1 Å². The topological polar surface area (TPSA) is 4.41 Å². The van der Waals surface area contributed by atoms with Crippen molar-refractivity contribution in [3.8, 4) is 0 Å². The monoisotopic (exact) mass is 293 g/mol. The van der Waals surface area contributed by atoms with Gasteiger partial charge in [-0.05, 0) is 23.8 Å². The highest BCUT2D eigenvalue weighted by Crippen LogP contribution is 2.39. The second-order valence-electron chi connectivity index (χ2n) is 7.02. The molecule has 0 saturated carbocycles. The predicted octanol–water partition coefficient (Wildman–Crippen LogP) is 4.49. The summed E-state index contributed by atoms with van der Waals surface area (Å²) in [6.07, 6.45) is 4.30. The van der Waals surface area contributed by atoms with E-state index < -0.39 is 0 Å². The summed E-state index contributed by atoms with van der Waals surface area (Å²) in [5.74, 6) is 0.451. The number of pyridine rings is 1. The summed E-state index contributed by atoms with van der Waals surface area (Å²) in [6.45, 7) is 2.34. The number of rotatable bonds is 4. The van der Waals surface area contributed by atoms with Crippen LogP contribution < -0.4 is 0 Å². The zero-order valence-electron chi connectivity index (χ0n) is 13.9. The molecule has 0 spiro atoms. The number of hydrogen-bond acceptors (Lipinski definition) is 0. The number of aromatic nitrogens is 1. The second kappa shape index (κ2) is 5.62. The molecule has 2 nitrogen and oxygen atoms in total. The lowest BCUT2D eigenvalue weighted by Crippen LogP contribution is -2.41. The molecule has 0 fully saturated rings. The SMILES string of the molecule is CC(c1ccccc1)C(c1ccn2ccccc12)[N+](C)(C)C. The second-order valence-corrected chi connectivity index (χ2v) is 7.02. The van der Waals surface area contributed by atoms with E-state index in [4.69, 9.17) is 0 Å².